The molecule has 2 aromatic carbocycles. The minimum atomic E-state index is -1.02. The van der Waals surface area contributed by atoms with Crippen LogP contribution in [-0.2, 0) is 4.79 Å². The molecule has 0 amide bonds. The van der Waals surface area contributed by atoms with Gasteiger partial charge < -0.3 is 9.84 Å². The van der Waals surface area contributed by atoms with Crippen molar-refractivity contribution in [3.63, 3.8) is 0 Å². The highest BCUT2D eigenvalue weighted by molar-refractivity contribution is 6.30. The van der Waals surface area contributed by atoms with E-state index in [0.717, 1.165) is 23.0 Å². The summed E-state index contributed by atoms with van der Waals surface area (Å²) in [6.45, 7) is 3.98. The molecule has 0 radical (unpaired) electrons. The van der Waals surface area contributed by atoms with E-state index in [1.165, 1.54) is 6.08 Å². The maximum absolute atomic E-state index is 10.7. The van der Waals surface area contributed by atoms with Crippen molar-refractivity contribution in [1.82, 2.24) is 0 Å². The number of hydrogen-bond acceptors (Lipinski definition) is 2. The summed E-state index contributed by atoms with van der Waals surface area (Å²) in [5.41, 5.74) is 2.78. The Kier molecular flexibility index (Phi) is 4.66. The molecule has 0 atom stereocenters. The summed E-state index contributed by atoms with van der Waals surface area (Å²) in [5.74, 6) is 0.268. The van der Waals surface area contributed by atoms with E-state index in [9.17, 15) is 4.79 Å². The molecule has 0 heterocycles. The molecule has 1 N–H and O–H groups in total. The van der Waals surface area contributed by atoms with E-state index in [0.29, 0.717) is 16.3 Å². The molecule has 0 aliphatic carbocycles. The minimum absolute atomic E-state index is 0.521. The van der Waals surface area contributed by atoms with Crippen LogP contribution in [0.5, 0.6) is 11.5 Å². The third kappa shape index (κ3) is 4.10. The summed E-state index contributed by atoms with van der Waals surface area (Å²) in [7, 11) is 0. The lowest BCUT2D eigenvalue weighted by Crippen LogP contribution is -1.92. The van der Waals surface area contributed by atoms with Crippen molar-refractivity contribution in [1.29, 1.82) is 0 Å². The summed E-state index contributed by atoms with van der Waals surface area (Å²) in [6, 6.07) is 11.0. The van der Waals surface area contributed by atoms with Gasteiger partial charge in [-0.1, -0.05) is 29.3 Å². The number of aliphatic carboxylic acids is 1. The van der Waals surface area contributed by atoms with E-state index in [1.807, 2.05) is 32.0 Å². The molecule has 2 aromatic rings. The van der Waals surface area contributed by atoms with Crippen LogP contribution >= 0.6 is 11.6 Å². The second-order valence-corrected chi connectivity index (χ2v) is 5.16. The number of aryl methyl sites for hydroxylation is 2. The Hall–Kier alpha value is -2.26. The highest BCUT2D eigenvalue weighted by atomic mass is 35.5. The standard InChI is InChI=1S/C17H15ClO3/c1-11-3-6-15(12(2)9-11)21-16-7-5-14(18)10-13(16)4-8-17(19)20/h3-10H,1-2H3,(H,19,20)/b8-4+. The lowest BCUT2D eigenvalue weighted by molar-refractivity contribution is -0.131. The lowest BCUT2D eigenvalue weighted by Gasteiger charge is -2.12. The monoisotopic (exact) mass is 302 g/mol. The quantitative estimate of drug-likeness (QED) is 0.821. The van der Waals surface area contributed by atoms with Gasteiger partial charge >= 0.3 is 5.97 Å². The van der Waals surface area contributed by atoms with Crippen LogP contribution in [0.1, 0.15) is 16.7 Å². The van der Waals surface area contributed by atoms with E-state index in [-0.39, 0.29) is 0 Å². The van der Waals surface area contributed by atoms with Crippen molar-refractivity contribution in [3.8, 4) is 11.5 Å². The van der Waals surface area contributed by atoms with Crippen LogP contribution in [0.25, 0.3) is 6.08 Å². The molecule has 2 rings (SSSR count). The third-order valence-electron chi connectivity index (χ3n) is 2.93. The predicted octanol–water partition coefficient (Wildman–Crippen LogP) is 4.85. The molecular weight excluding hydrogens is 288 g/mol. The minimum Gasteiger partial charge on any atom is -0.478 e. The van der Waals surface area contributed by atoms with E-state index in [4.69, 9.17) is 21.4 Å². The molecule has 21 heavy (non-hydrogen) atoms. The van der Waals surface area contributed by atoms with Gasteiger partial charge in [0.1, 0.15) is 11.5 Å². The number of rotatable bonds is 4. The second-order valence-electron chi connectivity index (χ2n) is 4.72. The summed E-state index contributed by atoms with van der Waals surface area (Å²) < 4.78 is 5.88. The zero-order chi connectivity index (χ0) is 15.4. The van der Waals surface area contributed by atoms with Crippen LogP contribution in [-0.4, -0.2) is 11.1 Å². The van der Waals surface area contributed by atoms with Crippen molar-refractivity contribution >= 4 is 23.6 Å². The summed E-state index contributed by atoms with van der Waals surface area (Å²) >= 11 is 5.95. The Bertz CT molecular complexity index is 705. The van der Waals surface area contributed by atoms with Gasteiger partial charge in [0.05, 0.1) is 0 Å². The summed E-state index contributed by atoms with van der Waals surface area (Å²) in [6.07, 6.45) is 2.52. The van der Waals surface area contributed by atoms with Crippen molar-refractivity contribution in [3.05, 3.63) is 64.2 Å². The van der Waals surface area contributed by atoms with Crippen molar-refractivity contribution in [2.45, 2.75) is 13.8 Å². The molecular formula is C17H15ClO3. The van der Waals surface area contributed by atoms with Gasteiger partial charge in [0, 0.05) is 16.7 Å². The zero-order valence-electron chi connectivity index (χ0n) is 11.8. The fraction of sp³-hybridized carbons (Fsp3) is 0.118. The first-order chi connectivity index (χ1) is 9.95. The third-order valence-corrected chi connectivity index (χ3v) is 3.16. The Balaban J connectivity index is 2.37. The molecule has 0 saturated carbocycles. The van der Waals surface area contributed by atoms with Crippen LogP contribution in [0.3, 0.4) is 0 Å². The van der Waals surface area contributed by atoms with Crippen molar-refractivity contribution in [2.75, 3.05) is 0 Å². The van der Waals surface area contributed by atoms with Gasteiger partial charge in [-0.3, -0.25) is 0 Å². The van der Waals surface area contributed by atoms with Gasteiger partial charge in [0.2, 0.25) is 0 Å². The first kappa shape index (κ1) is 15.1. The average molecular weight is 303 g/mol. The number of carbonyl (C=O) groups is 1. The Morgan fingerprint density at radius 2 is 1.86 bits per heavy atom. The maximum atomic E-state index is 10.7. The smallest absolute Gasteiger partial charge is 0.328 e. The van der Waals surface area contributed by atoms with Crippen LogP contribution in [0.15, 0.2) is 42.5 Å². The molecule has 0 bridgehead atoms. The number of ether oxygens (including phenoxy) is 1. The van der Waals surface area contributed by atoms with Gasteiger partial charge in [0.15, 0.2) is 0 Å². The predicted molar refractivity (Wildman–Crippen MR) is 84.1 cm³/mol. The number of carboxylic acid groups (broad SMARTS) is 1. The molecule has 0 aliphatic heterocycles. The lowest BCUT2D eigenvalue weighted by atomic mass is 10.1. The topological polar surface area (TPSA) is 46.5 Å². The molecule has 0 aliphatic rings. The molecule has 0 saturated heterocycles. The van der Waals surface area contributed by atoms with Crippen molar-refractivity contribution < 1.29 is 14.6 Å². The van der Waals surface area contributed by atoms with Gasteiger partial charge in [-0.25, -0.2) is 4.79 Å². The maximum Gasteiger partial charge on any atom is 0.328 e. The molecule has 0 unspecified atom stereocenters. The van der Waals surface area contributed by atoms with Crippen LogP contribution < -0.4 is 4.74 Å². The summed E-state index contributed by atoms with van der Waals surface area (Å²) in [4.78, 5) is 10.7. The number of benzene rings is 2. The average Bonchev–Trinajstić information content (AvgIpc) is 2.41. The molecule has 0 fully saturated rings. The fourth-order valence-electron chi connectivity index (χ4n) is 1.94. The number of hydrogen-bond donors (Lipinski definition) is 1. The molecule has 3 nitrogen and oxygen atoms in total. The Morgan fingerprint density at radius 3 is 2.52 bits per heavy atom. The van der Waals surface area contributed by atoms with E-state index >= 15 is 0 Å². The highest BCUT2D eigenvalue weighted by Crippen LogP contribution is 2.31. The van der Waals surface area contributed by atoms with Gasteiger partial charge in [-0.15, -0.1) is 0 Å². The normalized spacial score (nSPS) is 10.8. The number of halogens is 1. The van der Waals surface area contributed by atoms with E-state index in [2.05, 4.69) is 0 Å². The van der Waals surface area contributed by atoms with Gasteiger partial charge in [-0.2, -0.15) is 0 Å². The van der Waals surface area contributed by atoms with Crippen LogP contribution in [0.2, 0.25) is 5.02 Å². The van der Waals surface area contributed by atoms with Gasteiger partial charge in [-0.05, 0) is 49.8 Å². The molecule has 4 heteroatoms. The van der Waals surface area contributed by atoms with Gasteiger partial charge in [0.25, 0.3) is 0 Å². The first-order valence-electron chi connectivity index (χ1n) is 6.41. The Labute approximate surface area is 128 Å². The SMILES string of the molecule is Cc1ccc(Oc2ccc(Cl)cc2/C=C/C(=O)O)c(C)c1. The second kappa shape index (κ2) is 6.46. The van der Waals surface area contributed by atoms with E-state index < -0.39 is 5.97 Å². The zero-order valence-corrected chi connectivity index (χ0v) is 12.5. The largest absolute Gasteiger partial charge is 0.478 e. The highest BCUT2D eigenvalue weighted by Gasteiger charge is 2.06. The molecule has 0 aromatic heterocycles. The number of carboxylic acids is 1. The Morgan fingerprint density at radius 1 is 1.14 bits per heavy atom. The first-order valence-corrected chi connectivity index (χ1v) is 6.79. The van der Waals surface area contributed by atoms with Crippen LogP contribution in [0.4, 0.5) is 0 Å². The van der Waals surface area contributed by atoms with Crippen LogP contribution in [0, 0.1) is 13.8 Å². The fourth-order valence-corrected chi connectivity index (χ4v) is 2.12. The summed E-state index contributed by atoms with van der Waals surface area (Å²) in [5, 5.41) is 9.26. The van der Waals surface area contributed by atoms with Crippen molar-refractivity contribution in [2.24, 2.45) is 0 Å². The van der Waals surface area contributed by atoms with E-state index in [1.54, 1.807) is 18.2 Å². The molecule has 0 spiro atoms. The molecule has 108 valence electrons.